The van der Waals surface area contributed by atoms with Crippen molar-refractivity contribution in [2.24, 2.45) is 17.6 Å². The van der Waals surface area contributed by atoms with E-state index >= 15 is 0 Å². The number of aryl methyl sites for hydroxylation is 1. The lowest BCUT2D eigenvalue weighted by molar-refractivity contribution is -0.112. The summed E-state index contributed by atoms with van der Waals surface area (Å²) in [4.78, 5) is 24.4. The van der Waals surface area contributed by atoms with Crippen LogP contribution >= 0.6 is 0 Å². The van der Waals surface area contributed by atoms with Crippen molar-refractivity contribution in [1.29, 1.82) is 5.41 Å². The first kappa shape index (κ1) is 22.1. The highest BCUT2D eigenvalue weighted by molar-refractivity contribution is 6.43. The molecule has 2 aromatic rings. The number of H-pyrrole nitrogens is 1. The van der Waals surface area contributed by atoms with E-state index in [1.807, 2.05) is 6.92 Å². The minimum absolute atomic E-state index is 0.0275. The van der Waals surface area contributed by atoms with E-state index in [9.17, 15) is 14.0 Å². The van der Waals surface area contributed by atoms with Crippen LogP contribution in [0.2, 0.25) is 0 Å². The summed E-state index contributed by atoms with van der Waals surface area (Å²) in [5.41, 5.74) is 7.29. The monoisotopic (exact) mass is 423 g/mol. The number of allylic oxidation sites excluding steroid dienone is 1. The van der Waals surface area contributed by atoms with Crippen molar-refractivity contribution in [3.05, 3.63) is 65.9 Å². The average molecular weight is 423 g/mol. The van der Waals surface area contributed by atoms with Gasteiger partial charge in [0, 0.05) is 23.1 Å². The third-order valence-electron chi connectivity index (χ3n) is 5.66. The fraction of sp³-hybridized carbons (Fsp3) is 0.304. The van der Waals surface area contributed by atoms with Crippen molar-refractivity contribution < 1.29 is 14.0 Å². The normalized spacial score (nSPS) is 18.3. The first-order valence-corrected chi connectivity index (χ1v) is 10.1. The third kappa shape index (κ3) is 4.79. The number of ketones is 1. The zero-order valence-electron chi connectivity index (χ0n) is 17.4. The number of nitrogens with two attached hydrogens (primary N) is 1. The van der Waals surface area contributed by atoms with Gasteiger partial charge in [0.15, 0.2) is 5.78 Å². The summed E-state index contributed by atoms with van der Waals surface area (Å²) in [6.45, 7) is 9.46. The van der Waals surface area contributed by atoms with Gasteiger partial charge in [0.25, 0.3) is 5.91 Å². The Labute approximate surface area is 180 Å². The van der Waals surface area contributed by atoms with Gasteiger partial charge in [-0.1, -0.05) is 32.1 Å². The summed E-state index contributed by atoms with van der Waals surface area (Å²) < 4.78 is 14.9. The largest absolute Gasteiger partial charge is 0.364 e. The number of carbonyl (C=O) groups excluding carboxylic acids is 2. The van der Waals surface area contributed by atoms with E-state index in [2.05, 4.69) is 28.7 Å². The summed E-state index contributed by atoms with van der Waals surface area (Å²) in [6.07, 6.45) is 3.04. The predicted octanol–water partition coefficient (Wildman–Crippen LogP) is 3.64. The fourth-order valence-corrected chi connectivity index (χ4v) is 4.01. The van der Waals surface area contributed by atoms with E-state index in [1.165, 1.54) is 12.1 Å². The second-order valence-corrected chi connectivity index (χ2v) is 7.85. The second kappa shape index (κ2) is 9.07. The van der Waals surface area contributed by atoms with Crippen molar-refractivity contribution >= 4 is 17.4 Å². The Bertz CT molecular complexity index is 1070. The number of hydrogen-bond donors (Lipinski definition) is 4. The summed E-state index contributed by atoms with van der Waals surface area (Å²) in [5, 5.41) is 17.4. The molecule has 1 aliphatic carbocycles. The highest BCUT2D eigenvalue weighted by Crippen LogP contribution is 2.37. The van der Waals surface area contributed by atoms with E-state index in [4.69, 9.17) is 11.1 Å². The first-order chi connectivity index (χ1) is 14.7. The molecular formula is C23H26FN5O2. The zero-order valence-corrected chi connectivity index (χ0v) is 17.4. The van der Waals surface area contributed by atoms with Gasteiger partial charge in [-0.3, -0.25) is 20.1 Å². The molecule has 2 unspecified atom stereocenters. The first-order valence-electron chi connectivity index (χ1n) is 10.1. The molecule has 5 N–H and O–H groups in total. The summed E-state index contributed by atoms with van der Waals surface area (Å²) in [5.74, 6) is -2.51. The van der Waals surface area contributed by atoms with Crippen LogP contribution in [0.25, 0.3) is 11.3 Å². The fourth-order valence-electron chi connectivity index (χ4n) is 4.01. The lowest BCUT2D eigenvalue weighted by Crippen LogP contribution is -2.36. The molecule has 1 saturated carbocycles. The Morgan fingerprint density at radius 1 is 1.23 bits per heavy atom. The smallest absolute Gasteiger partial charge is 0.268 e. The van der Waals surface area contributed by atoms with Crippen LogP contribution in [-0.2, 0) is 4.79 Å². The summed E-state index contributed by atoms with van der Waals surface area (Å²) in [7, 11) is 0. The number of hydrogen-bond acceptors (Lipinski definition) is 5. The molecule has 1 amide bonds. The lowest BCUT2D eigenvalue weighted by atomic mass is 9.74. The van der Waals surface area contributed by atoms with Crippen molar-refractivity contribution in [1.82, 2.24) is 15.5 Å². The number of rotatable bonds is 8. The van der Waals surface area contributed by atoms with Crippen LogP contribution < -0.4 is 11.1 Å². The Hall–Kier alpha value is -3.55. The topological polar surface area (TPSA) is 125 Å². The molecule has 0 aliphatic heterocycles. The highest BCUT2D eigenvalue weighted by atomic mass is 19.1. The van der Waals surface area contributed by atoms with Crippen LogP contribution in [0.3, 0.4) is 0 Å². The van der Waals surface area contributed by atoms with E-state index in [1.54, 1.807) is 12.1 Å². The molecule has 162 valence electrons. The summed E-state index contributed by atoms with van der Waals surface area (Å²) in [6, 6.07) is 6.34. The van der Waals surface area contributed by atoms with Crippen LogP contribution in [0.1, 0.15) is 41.7 Å². The van der Waals surface area contributed by atoms with E-state index in [0.29, 0.717) is 29.8 Å². The van der Waals surface area contributed by atoms with E-state index in [0.717, 1.165) is 18.5 Å². The molecule has 0 spiro atoms. The third-order valence-corrected chi connectivity index (χ3v) is 5.66. The molecule has 3 rings (SSSR count). The number of nitrogens with zero attached hydrogens (tertiary/aromatic N) is 1. The number of halogens is 1. The minimum atomic E-state index is -0.906. The van der Waals surface area contributed by atoms with Gasteiger partial charge in [-0.05, 0) is 38.0 Å². The minimum Gasteiger partial charge on any atom is -0.364 e. The average Bonchev–Trinajstić information content (AvgIpc) is 3.18. The van der Waals surface area contributed by atoms with Crippen molar-refractivity contribution in [3.63, 3.8) is 0 Å². The molecule has 1 aliphatic rings. The Morgan fingerprint density at radius 3 is 2.48 bits per heavy atom. The standard InChI is InChI=1S/C23H26FN5O2/c1-12-10-20(29-28-12)15-8-9-18(19(24)11-15)22(30)17-7-5-4-6-16(17)13(2)27-14(3)21(25)23(26)31/h8-11,16-17,25,27H,2-7H2,1H3,(H2,26,31)(H,28,29). The van der Waals surface area contributed by atoms with Crippen LogP contribution in [0.5, 0.6) is 0 Å². The maximum absolute atomic E-state index is 14.9. The van der Waals surface area contributed by atoms with Gasteiger partial charge < -0.3 is 11.1 Å². The highest BCUT2D eigenvalue weighted by Gasteiger charge is 2.34. The van der Waals surface area contributed by atoms with Gasteiger partial charge >= 0.3 is 0 Å². The number of aromatic nitrogens is 2. The molecule has 1 heterocycles. The number of primary amides is 1. The Morgan fingerprint density at radius 2 is 1.90 bits per heavy atom. The second-order valence-electron chi connectivity index (χ2n) is 7.85. The van der Waals surface area contributed by atoms with Gasteiger partial charge in [-0.2, -0.15) is 5.10 Å². The maximum atomic E-state index is 14.9. The molecule has 1 aromatic heterocycles. The quantitative estimate of drug-likeness (QED) is 0.382. The van der Waals surface area contributed by atoms with Crippen molar-refractivity contribution in [3.8, 4) is 11.3 Å². The van der Waals surface area contributed by atoms with E-state index in [-0.39, 0.29) is 23.0 Å². The molecular weight excluding hydrogens is 397 g/mol. The molecule has 1 fully saturated rings. The molecule has 0 bridgehead atoms. The number of aromatic amines is 1. The van der Waals surface area contributed by atoms with Crippen LogP contribution in [0.4, 0.5) is 4.39 Å². The number of nitrogens with one attached hydrogen (secondary N) is 3. The van der Waals surface area contributed by atoms with E-state index < -0.39 is 23.4 Å². The SMILES string of the molecule is C=C(NC(=C)C1CCCCC1C(=O)c1ccc(-c2cc(C)n[nH]2)cc1F)C(=N)C(N)=O. The molecule has 2 atom stereocenters. The molecule has 0 radical (unpaired) electrons. The molecule has 0 saturated heterocycles. The lowest BCUT2D eigenvalue weighted by Gasteiger charge is -2.32. The Balaban J connectivity index is 1.80. The maximum Gasteiger partial charge on any atom is 0.268 e. The molecule has 31 heavy (non-hydrogen) atoms. The van der Waals surface area contributed by atoms with Crippen molar-refractivity contribution in [2.45, 2.75) is 32.6 Å². The van der Waals surface area contributed by atoms with Gasteiger partial charge in [0.05, 0.1) is 22.6 Å². The Kier molecular flexibility index (Phi) is 6.48. The summed E-state index contributed by atoms with van der Waals surface area (Å²) >= 11 is 0. The van der Waals surface area contributed by atoms with Gasteiger partial charge in [0.2, 0.25) is 0 Å². The van der Waals surface area contributed by atoms with Crippen molar-refractivity contribution in [2.75, 3.05) is 0 Å². The number of Topliss-reactive ketones (excluding diaryl/α,β-unsaturated/α-hetero) is 1. The van der Waals surface area contributed by atoms with Gasteiger partial charge in [-0.15, -0.1) is 0 Å². The van der Waals surface area contributed by atoms with Crippen LogP contribution in [0.15, 0.2) is 48.8 Å². The molecule has 8 heteroatoms. The molecule has 7 nitrogen and oxygen atoms in total. The van der Waals surface area contributed by atoms with Gasteiger partial charge in [0.1, 0.15) is 11.5 Å². The number of amides is 1. The molecule has 1 aromatic carbocycles. The van der Waals surface area contributed by atoms with Crippen LogP contribution in [0, 0.1) is 30.0 Å². The van der Waals surface area contributed by atoms with Gasteiger partial charge in [-0.25, -0.2) is 4.39 Å². The van der Waals surface area contributed by atoms with Crippen LogP contribution in [-0.4, -0.2) is 27.6 Å². The zero-order chi connectivity index (χ0) is 22.7. The predicted molar refractivity (Wildman–Crippen MR) is 117 cm³/mol. The number of carbonyl (C=O) groups is 2. The number of benzene rings is 1.